The minimum Gasteiger partial charge on any atom is -0.462 e. The molecular formula is C20H27N3O5S. The first kappa shape index (κ1) is 22.6. The highest BCUT2D eigenvalue weighted by Gasteiger charge is 2.33. The van der Waals surface area contributed by atoms with E-state index in [-0.39, 0.29) is 17.1 Å². The van der Waals surface area contributed by atoms with E-state index in [9.17, 15) is 18.0 Å². The number of benzene rings is 1. The van der Waals surface area contributed by atoms with Gasteiger partial charge in [-0.1, -0.05) is 6.07 Å². The average Bonchev–Trinajstić information content (AvgIpc) is 2.93. The number of nitrogens with one attached hydrogen (secondary N) is 2. The van der Waals surface area contributed by atoms with Gasteiger partial charge >= 0.3 is 5.97 Å². The second-order valence-electron chi connectivity index (χ2n) is 6.91. The van der Waals surface area contributed by atoms with Gasteiger partial charge in [0.25, 0.3) is 0 Å². The smallest absolute Gasteiger partial charge is 0.341 e. The molecule has 2 N–H and O–H groups in total. The molecule has 0 fully saturated rings. The number of sulfonamides is 1. The van der Waals surface area contributed by atoms with Crippen LogP contribution >= 0.6 is 0 Å². The van der Waals surface area contributed by atoms with Crippen molar-refractivity contribution in [1.82, 2.24) is 9.29 Å². The third kappa shape index (κ3) is 4.86. The SMILES string of the molecule is CCOC(=O)c1c(C)[nH]c(C)c1S(=O)(=O)N(C)CC(=O)Nc1ccc(C)c(C)c1. The number of aromatic amines is 1. The van der Waals surface area contributed by atoms with Crippen molar-refractivity contribution in [3.05, 3.63) is 46.3 Å². The number of ether oxygens (including phenoxy) is 1. The number of rotatable bonds is 7. The Balaban J connectivity index is 2.26. The molecule has 0 aliphatic carbocycles. The number of aryl methyl sites for hydroxylation is 4. The molecule has 0 spiro atoms. The Hall–Kier alpha value is -2.65. The first-order chi connectivity index (χ1) is 13.5. The van der Waals surface area contributed by atoms with Crippen molar-refractivity contribution < 1.29 is 22.7 Å². The van der Waals surface area contributed by atoms with Crippen LogP contribution in [0.25, 0.3) is 0 Å². The first-order valence-electron chi connectivity index (χ1n) is 9.18. The van der Waals surface area contributed by atoms with Crippen LogP contribution in [0.1, 0.15) is 39.8 Å². The number of carbonyl (C=O) groups excluding carboxylic acids is 2. The summed E-state index contributed by atoms with van der Waals surface area (Å²) in [6.07, 6.45) is 0. The van der Waals surface area contributed by atoms with E-state index in [2.05, 4.69) is 10.3 Å². The highest BCUT2D eigenvalue weighted by atomic mass is 32.2. The monoisotopic (exact) mass is 421 g/mol. The summed E-state index contributed by atoms with van der Waals surface area (Å²) >= 11 is 0. The lowest BCUT2D eigenvalue weighted by atomic mass is 10.1. The number of hydrogen-bond acceptors (Lipinski definition) is 5. The molecule has 2 aromatic rings. The molecule has 158 valence electrons. The third-order valence-electron chi connectivity index (χ3n) is 4.62. The minimum absolute atomic E-state index is 0.0363. The van der Waals surface area contributed by atoms with Crippen LogP contribution in [0.4, 0.5) is 5.69 Å². The maximum absolute atomic E-state index is 13.1. The van der Waals surface area contributed by atoms with Crippen LogP contribution in [0.3, 0.4) is 0 Å². The van der Waals surface area contributed by atoms with Gasteiger partial charge in [-0.3, -0.25) is 4.79 Å². The van der Waals surface area contributed by atoms with Gasteiger partial charge in [-0.05, 0) is 57.9 Å². The Bertz CT molecular complexity index is 1040. The number of hydrogen-bond donors (Lipinski definition) is 2. The molecule has 2 rings (SSSR count). The van der Waals surface area contributed by atoms with Gasteiger partial charge < -0.3 is 15.0 Å². The summed E-state index contributed by atoms with van der Waals surface area (Å²) in [5.74, 6) is -1.21. The summed E-state index contributed by atoms with van der Waals surface area (Å²) in [6.45, 7) is 8.41. The molecule has 1 heterocycles. The van der Waals surface area contributed by atoms with Gasteiger partial charge in [-0.15, -0.1) is 0 Å². The number of carbonyl (C=O) groups is 2. The molecule has 0 aliphatic heterocycles. The second-order valence-corrected chi connectivity index (χ2v) is 8.89. The van der Waals surface area contributed by atoms with Crippen molar-refractivity contribution in [3.8, 4) is 0 Å². The fraction of sp³-hybridized carbons (Fsp3) is 0.400. The molecule has 0 saturated heterocycles. The normalized spacial score (nSPS) is 11.6. The predicted molar refractivity (Wildman–Crippen MR) is 111 cm³/mol. The van der Waals surface area contributed by atoms with Crippen LogP contribution in [0, 0.1) is 27.7 Å². The van der Waals surface area contributed by atoms with E-state index >= 15 is 0 Å². The van der Waals surface area contributed by atoms with Crippen molar-refractivity contribution in [2.24, 2.45) is 0 Å². The van der Waals surface area contributed by atoms with Crippen molar-refractivity contribution in [3.63, 3.8) is 0 Å². The molecule has 29 heavy (non-hydrogen) atoms. The second kappa shape index (κ2) is 8.79. The van der Waals surface area contributed by atoms with Crippen LogP contribution in [0.15, 0.2) is 23.1 Å². The molecule has 0 aliphatic rings. The molecule has 0 unspecified atom stereocenters. The zero-order valence-electron chi connectivity index (χ0n) is 17.5. The summed E-state index contributed by atoms with van der Waals surface area (Å²) in [5.41, 5.74) is 3.36. The van der Waals surface area contributed by atoms with E-state index in [1.54, 1.807) is 26.8 Å². The quantitative estimate of drug-likeness (QED) is 0.668. The van der Waals surface area contributed by atoms with Crippen LogP contribution in [0.2, 0.25) is 0 Å². The maximum Gasteiger partial charge on any atom is 0.341 e. The highest BCUT2D eigenvalue weighted by molar-refractivity contribution is 7.89. The molecule has 1 aromatic heterocycles. The van der Waals surface area contributed by atoms with Gasteiger partial charge in [0.15, 0.2) is 0 Å². The molecule has 0 saturated carbocycles. The van der Waals surface area contributed by atoms with E-state index in [0.717, 1.165) is 15.4 Å². The van der Waals surface area contributed by atoms with Gasteiger partial charge in [-0.2, -0.15) is 4.31 Å². The Labute approximate surface area is 171 Å². The summed E-state index contributed by atoms with van der Waals surface area (Å²) in [4.78, 5) is 27.4. The van der Waals surface area contributed by atoms with Crippen LogP contribution < -0.4 is 5.32 Å². The average molecular weight is 422 g/mol. The van der Waals surface area contributed by atoms with Crippen molar-refractivity contribution in [2.45, 2.75) is 39.5 Å². The Morgan fingerprint density at radius 1 is 1.10 bits per heavy atom. The summed E-state index contributed by atoms with van der Waals surface area (Å²) < 4.78 is 32.1. The van der Waals surface area contributed by atoms with Crippen LogP contribution in [-0.4, -0.2) is 49.8 Å². The molecule has 8 nitrogen and oxygen atoms in total. The van der Waals surface area contributed by atoms with E-state index in [0.29, 0.717) is 17.1 Å². The van der Waals surface area contributed by atoms with Crippen molar-refractivity contribution in [2.75, 3.05) is 25.5 Å². The maximum atomic E-state index is 13.1. The number of esters is 1. The molecule has 1 amide bonds. The largest absolute Gasteiger partial charge is 0.462 e. The molecule has 0 radical (unpaired) electrons. The number of likely N-dealkylation sites (N-methyl/N-ethyl adjacent to an activating group) is 1. The number of amides is 1. The Kier molecular flexibility index (Phi) is 6.86. The Morgan fingerprint density at radius 2 is 1.76 bits per heavy atom. The summed E-state index contributed by atoms with van der Waals surface area (Å²) in [5, 5.41) is 2.70. The number of nitrogens with zero attached hydrogens (tertiary/aromatic N) is 1. The lowest BCUT2D eigenvalue weighted by Crippen LogP contribution is -2.35. The van der Waals surface area contributed by atoms with Gasteiger partial charge in [0, 0.05) is 24.1 Å². The standard InChI is InChI=1S/C20H27N3O5S/c1-7-28-20(25)18-14(4)21-15(5)19(18)29(26,27)23(6)11-17(24)22-16-9-8-12(2)13(3)10-16/h8-10,21H,7,11H2,1-6H3,(H,22,24). The zero-order chi connectivity index (χ0) is 21.9. The van der Waals surface area contributed by atoms with Crippen LogP contribution in [-0.2, 0) is 19.6 Å². The van der Waals surface area contributed by atoms with E-state index < -0.39 is 28.4 Å². The molecule has 0 atom stereocenters. The lowest BCUT2D eigenvalue weighted by Gasteiger charge is -2.18. The van der Waals surface area contributed by atoms with Gasteiger partial charge in [0.2, 0.25) is 15.9 Å². The molecule has 1 aromatic carbocycles. The summed E-state index contributed by atoms with van der Waals surface area (Å²) in [7, 11) is -2.81. The van der Waals surface area contributed by atoms with Crippen molar-refractivity contribution >= 4 is 27.6 Å². The van der Waals surface area contributed by atoms with Gasteiger partial charge in [-0.25, -0.2) is 13.2 Å². The van der Waals surface area contributed by atoms with E-state index in [1.807, 2.05) is 26.0 Å². The number of H-pyrrole nitrogens is 1. The summed E-state index contributed by atoms with van der Waals surface area (Å²) in [6, 6.07) is 5.45. The predicted octanol–water partition coefficient (Wildman–Crippen LogP) is 2.68. The number of anilines is 1. The van der Waals surface area contributed by atoms with Gasteiger partial charge in [0.1, 0.15) is 10.5 Å². The molecule has 9 heteroatoms. The molecule has 0 bridgehead atoms. The zero-order valence-corrected chi connectivity index (χ0v) is 18.4. The fourth-order valence-electron chi connectivity index (χ4n) is 2.99. The topological polar surface area (TPSA) is 109 Å². The first-order valence-corrected chi connectivity index (χ1v) is 10.6. The van der Waals surface area contributed by atoms with Gasteiger partial charge in [0.05, 0.1) is 13.2 Å². The minimum atomic E-state index is -4.10. The molecular weight excluding hydrogens is 394 g/mol. The lowest BCUT2D eigenvalue weighted by molar-refractivity contribution is -0.116. The fourth-order valence-corrected chi connectivity index (χ4v) is 4.52. The van der Waals surface area contributed by atoms with E-state index in [4.69, 9.17) is 4.74 Å². The third-order valence-corrected chi connectivity index (χ3v) is 6.60. The van der Waals surface area contributed by atoms with E-state index in [1.165, 1.54) is 7.05 Å². The number of aromatic nitrogens is 1. The Morgan fingerprint density at radius 3 is 2.34 bits per heavy atom. The highest BCUT2D eigenvalue weighted by Crippen LogP contribution is 2.27. The van der Waals surface area contributed by atoms with Crippen LogP contribution in [0.5, 0.6) is 0 Å². The van der Waals surface area contributed by atoms with Crippen molar-refractivity contribution in [1.29, 1.82) is 0 Å².